The first-order chi connectivity index (χ1) is 5.26. The van der Waals surface area contributed by atoms with Crippen molar-refractivity contribution in [2.75, 3.05) is 7.11 Å². The Bertz CT molecular complexity index is 223. The van der Waals surface area contributed by atoms with Gasteiger partial charge < -0.3 is 4.74 Å². The van der Waals surface area contributed by atoms with Crippen molar-refractivity contribution < 1.29 is 4.74 Å². The van der Waals surface area contributed by atoms with Crippen LogP contribution in [-0.4, -0.2) is 7.11 Å². The summed E-state index contributed by atoms with van der Waals surface area (Å²) in [6.45, 7) is 2.06. The summed E-state index contributed by atoms with van der Waals surface area (Å²) >= 11 is 5.77. The van der Waals surface area contributed by atoms with Crippen LogP contribution in [0.1, 0.15) is 12.5 Å². The zero-order chi connectivity index (χ0) is 8.27. The van der Waals surface area contributed by atoms with Gasteiger partial charge in [-0.05, 0) is 24.1 Å². The molecule has 0 aromatic heterocycles. The van der Waals surface area contributed by atoms with Crippen LogP contribution >= 0.6 is 11.6 Å². The molecule has 0 unspecified atom stereocenters. The third-order valence-corrected chi connectivity index (χ3v) is 1.69. The highest BCUT2D eigenvalue weighted by atomic mass is 35.5. The highest BCUT2D eigenvalue weighted by Crippen LogP contribution is 2.19. The van der Waals surface area contributed by atoms with Crippen molar-refractivity contribution in [2.45, 2.75) is 13.3 Å². The molecule has 1 aromatic carbocycles. The third-order valence-electron chi connectivity index (χ3n) is 1.48. The summed E-state index contributed by atoms with van der Waals surface area (Å²) in [5.41, 5.74) is 1.08. The summed E-state index contributed by atoms with van der Waals surface area (Å²) in [6.07, 6.45) is 0.928. The van der Waals surface area contributed by atoms with Crippen molar-refractivity contribution in [3.63, 3.8) is 0 Å². The van der Waals surface area contributed by atoms with Crippen molar-refractivity contribution >= 4 is 11.6 Å². The molecule has 0 atom stereocenters. The first-order valence-electron chi connectivity index (χ1n) is 3.52. The Balaban J connectivity index is 3.02. The summed E-state index contributed by atoms with van der Waals surface area (Å²) in [5.74, 6) is 0.797. The van der Waals surface area contributed by atoms with Crippen LogP contribution in [0.15, 0.2) is 12.1 Å². The molecule has 2 heteroatoms. The largest absolute Gasteiger partial charge is 0.497 e. The van der Waals surface area contributed by atoms with E-state index < -0.39 is 0 Å². The van der Waals surface area contributed by atoms with Gasteiger partial charge in [0.2, 0.25) is 0 Å². The van der Waals surface area contributed by atoms with E-state index in [9.17, 15) is 0 Å². The lowest BCUT2D eigenvalue weighted by atomic mass is 10.2. The summed E-state index contributed by atoms with van der Waals surface area (Å²) in [6, 6.07) is 6.70. The lowest BCUT2D eigenvalue weighted by molar-refractivity contribution is 0.414. The highest BCUT2D eigenvalue weighted by Gasteiger charge is 1.97. The topological polar surface area (TPSA) is 9.23 Å². The number of benzene rings is 1. The summed E-state index contributed by atoms with van der Waals surface area (Å²) < 4.78 is 5.03. The number of rotatable bonds is 2. The van der Waals surface area contributed by atoms with Crippen LogP contribution in [-0.2, 0) is 6.42 Å². The molecule has 0 N–H and O–H groups in total. The lowest BCUT2D eigenvalue weighted by Crippen LogP contribution is -1.86. The van der Waals surface area contributed by atoms with Gasteiger partial charge in [-0.25, -0.2) is 0 Å². The van der Waals surface area contributed by atoms with Crippen LogP contribution in [0.2, 0.25) is 5.02 Å². The quantitative estimate of drug-likeness (QED) is 0.662. The molecule has 11 heavy (non-hydrogen) atoms. The lowest BCUT2D eigenvalue weighted by Gasteiger charge is -2.02. The van der Waals surface area contributed by atoms with Gasteiger partial charge in [-0.15, -0.1) is 0 Å². The van der Waals surface area contributed by atoms with E-state index in [1.165, 1.54) is 0 Å². The fraction of sp³-hybridized carbons (Fsp3) is 0.333. The van der Waals surface area contributed by atoms with E-state index in [0.717, 1.165) is 17.7 Å². The van der Waals surface area contributed by atoms with E-state index in [0.29, 0.717) is 5.02 Å². The number of aryl methyl sites for hydroxylation is 1. The molecule has 59 valence electrons. The molecule has 1 nitrogen and oxygen atoms in total. The Kier molecular flexibility index (Phi) is 2.77. The Labute approximate surface area is 71.9 Å². The second kappa shape index (κ2) is 3.63. The predicted molar refractivity (Wildman–Crippen MR) is 46.2 cm³/mol. The van der Waals surface area contributed by atoms with Crippen LogP contribution in [0.3, 0.4) is 0 Å². The molecule has 0 saturated carbocycles. The monoisotopic (exact) mass is 169 g/mol. The van der Waals surface area contributed by atoms with Gasteiger partial charge in [0.1, 0.15) is 5.75 Å². The first kappa shape index (κ1) is 8.41. The van der Waals surface area contributed by atoms with E-state index in [1.54, 1.807) is 13.2 Å². The maximum Gasteiger partial charge on any atom is 0.120 e. The van der Waals surface area contributed by atoms with Gasteiger partial charge in [0.15, 0.2) is 0 Å². The summed E-state index contributed by atoms with van der Waals surface area (Å²) in [7, 11) is 1.63. The SMILES string of the molecule is CCc1[c]c(Cl)cc(OC)c1. The minimum absolute atomic E-state index is 0.612. The molecule has 0 bridgehead atoms. The maximum absolute atomic E-state index is 5.77. The average molecular weight is 170 g/mol. The Morgan fingerprint density at radius 2 is 2.27 bits per heavy atom. The van der Waals surface area contributed by atoms with Crippen LogP contribution in [0.5, 0.6) is 5.75 Å². The van der Waals surface area contributed by atoms with Gasteiger partial charge in [-0.2, -0.15) is 0 Å². The van der Waals surface area contributed by atoms with Crippen LogP contribution in [0.4, 0.5) is 0 Å². The van der Waals surface area contributed by atoms with Gasteiger partial charge in [0.25, 0.3) is 0 Å². The smallest absolute Gasteiger partial charge is 0.120 e. The fourth-order valence-corrected chi connectivity index (χ4v) is 1.10. The molecule has 1 aromatic rings. The number of hydrogen-bond donors (Lipinski definition) is 0. The number of hydrogen-bond acceptors (Lipinski definition) is 1. The van der Waals surface area contributed by atoms with Crippen molar-refractivity contribution in [1.82, 2.24) is 0 Å². The standard InChI is InChI=1S/C9H10ClO/c1-3-7-4-8(10)6-9(5-7)11-2/h5-6H,3H2,1-2H3. The van der Waals surface area contributed by atoms with Gasteiger partial charge in [0.05, 0.1) is 12.1 Å². The summed E-state index contributed by atoms with van der Waals surface area (Å²) in [4.78, 5) is 0. The summed E-state index contributed by atoms with van der Waals surface area (Å²) in [5, 5.41) is 0.612. The number of methoxy groups -OCH3 is 1. The molecular weight excluding hydrogens is 160 g/mol. The van der Waals surface area contributed by atoms with E-state index in [1.807, 2.05) is 6.07 Å². The number of halogens is 1. The molecule has 0 amide bonds. The maximum atomic E-state index is 5.77. The van der Waals surface area contributed by atoms with Gasteiger partial charge in [-0.1, -0.05) is 18.5 Å². The normalized spacial score (nSPS) is 9.73. The van der Waals surface area contributed by atoms with Crippen LogP contribution in [0.25, 0.3) is 0 Å². The zero-order valence-corrected chi connectivity index (χ0v) is 7.40. The third kappa shape index (κ3) is 2.12. The van der Waals surface area contributed by atoms with Crippen molar-refractivity contribution in [3.05, 3.63) is 28.8 Å². The fourth-order valence-electron chi connectivity index (χ4n) is 0.872. The number of ether oxygens (including phenoxy) is 1. The molecule has 0 aliphatic heterocycles. The first-order valence-corrected chi connectivity index (χ1v) is 3.89. The van der Waals surface area contributed by atoms with Crippen molar-refractivity contribution in [3.8, 4) is 5.75 Å². The second-order valence-corrected chi connectivity index (χ2v) is 2.65. The minimum Gasteiger partial charge on any atom is -0.497 e. The highest BCUT2D eigenvalue weighted by molar-refractivity contribution is 6.30. The van der Waals surface area contributed by atoms with E-state index in [-0.39, 0.29) is 0 Å². The van der Waals surface area contributed by atoms with Crippen molar-refractivity contribution in [1.29, 1.82) is 0 Å². The Morgan fingerprint density at radius 3 is 2.82 bits per heavy atom. The van der Waals surface area contributed by atoms with Gasteiger partial charge >= 0.3 is 0 Å². The molecule has 0 aliphatic rings. The molecule has 0 heterocycles. The minimum atomic E-state index is 0.612. The Morgan fingerprint density at radius 1 is 1.55 bits per heavy atom. The van der Waals surface area contributed by atoms with E-state index in [4.69, 9.17) is 16.3 Å². The molecule has 0 saturated heterocycles. The molecule has 1 rings (SSSR count). The second-order valence-electron chi connectivity index (χ2n) is 2.25. The van der Waals surface area contributed by atoms with Crippen molar-refractivity contribution in [2.24, 2.45) is 0 Å². The van der Waals surface area contributed by atoms with Crippen LogP contribution in [0, 0.1) is 6.07 Å². The molecular formula is C9H10ClO. The molecule has 1 radical (unpaired) electrons. The van der Waals surface area contributed by atoms with Gasteiger partial charge in [-0.3, -0.25) is 0 Å². The Hall–Kier alpha value is -0.690. The molecule has 0 spiro atoms. The molecule has 0 fully saturated rings. The van der Waals surface area contributed by atoms with Crippen LogP contribution < -0.4 is 4.74 Å². The van der Waals surface area contributed by atoms with E-state index >= 15 is 0 Å². The zero-order valence-electron chi connectivity index (χ0n) is 6.65. The van der Waals surface area contributed by atoms with Gasteiger partial charge in [0, 0.05) is 6.07 Å². The predicted octanol–water partition coefficient (Wildman–Crippen LogP) is 2.71. The average Bonchev–Trinajstić information content (AvgIpc) is 2.03. The molecule has 0 aliphatic carbocycles. The van der Waals surface area contributed by atoms with E-state index in [2.05, 4.69) is 13.0 Å².